The van der Waals surface area contributed by atoms with Crippen LogP contribution in [0.3, 0.4) is 0 Å². The first-order chi connectivity index (χ1) is 30.1. The molecule has 0 aliphatic heterocycles. The Kier molecular flexibility index (Phi) is 17.5. The van der Waals surface area contributed by atoms with Crippen LogP contribution in [0.2, 0.25) is 0 Å². The van der Waals surface area contributed by atoms with Gasteiger partial charge in [0.15, 0.2) is 23.3 Å². The smallest absolute Gasteiger partial charge is 0.343 e. The number of halogens is 14. The summed E-state index contributed by atoms with van der Waals surface area (Å²) >= 11 is -1.39. The number of imidazole rings is 4. The fraction of sp³-hybridized carbons (Fsp3) is 0.158. The number of rotatable bonds is 9. The molecule has 0 bridgehead atoms. The van der Waals surface area contributed by atoms with Crippen LogP contribution in [0.1, 0.15) is 0 Å². The molecule has 12 nitrogen and oxygen atoms in total. The standard InChI is InChI=1S/4C8H7N3.C6F12I2/c4*1-2-4-9-7(3-1)8-10-5-6-11-8;7-1(8,3(11,12)5(15,16)19)2(9,10)4(13,14)6(17,18)20/h4*1-6H,(H,10,11);. The Bertz CT molecular complexity index is 2150. The average Bonchev–Trinajstić information content (AvgIpc) is 4.14. The molecule has 0 amide bonds. The van der Waals surface area contributed by atoms with Crippen LogP contribution in [0.5, 0.6) is 0 Å². The predicted molar refractivity (Wildman–Crippen MR) is 225 cm³/mol. The van der Waals surface area contributed by atoms with E-state index in [-0.39, 0.29) is 0 Å². The lowest BCUT2D eigenvalue weighted by Gasteiger charge is -2.39. The molecule has 0 atom stereocenters. The SMILES string of the molecule is FC(F)(I)C(F)(F)C(F)(F)C(F)(F)C(F)(F)C(F)(F)I.c1ccc(-c2ncc[nH]2)nc1.c1ccc(-c2ncc[nH]2)nc1.c1ccc(-c2ncc[nH]2)nc1.c1ccc(-c2ncc[nH]2)nc1. The van der Waals surface area contributed by atoms with Gasteiger partial charge in [0, 0.05) is 120 Å². The van der Waals surface area contributed by atoms with Crippen LogP contribution in [-0.2, 0) is 0 Å². The number of hydrogen-bond acceptors (Lipinski definition) is 8. The van der Waals surface area contributed by atoms with Crippen LogP contribution in [-0.4, -0.2) is 91.4 Å². The van der Waals surface area contributed by atoms with Gasteiger partial charge in [-0.25, -0.2) is 19.9 Å². The molecule has 0 spiro atoms. The maximum absolute atomic E-state index is 12.7. The molecular weight excluding hydrogens is 1110 g/mol. The summed E-state index contributed by atoms with van der Waals surface area (Å²) in [6, 6.07) is 22.9. The third-order valence-corrected chi connectivity index (χ3v) is 8.87. The van der Waals surface area contributed by atoms with Gasteiger partial charge in [0.1, 0.15) is 22.8 Å². The first-order valence-corrected chi connectivity index (χ1v) is 19.6. The van der Waals surface area contributed by atoms with E-state index < -0.39 is 76.7 Å². The van der Waals surface area contributed by atoms with Crippen molar-refractivity contribution in [2.45, 2.75) is 31.5 Å². The maximum atomic E-state index is 12.7. The Hall–Kier alpha value is -5.94. The van der Waals surface area contributed by atoms with Crippen molar-refractivity contribution in [2.24, 2.45) is 0 Å². The van der Waals surface area contributed by atoms with E-state index in [1.807, 2.05) is 72.8 Å². The Labute approximate surface area is 380 Å². The Balaban J connectivity index is 0.000000179. The Morgan fingerprint density at radius 2 is 0.516 bits per heavy atom. The highest BCUT2D eigenvalue weighted by molar-refractivity contribution is 14.1. The van der Waals surface area contributed by atoms with Crippen LogP contribution in [0.4, 0.5) is 52.7 Å². The number of H-pyrrole nitrogens is 4. The molecule has 0 unspecified atom stereocenters. The minimum Gasteiger partial charge on any atom is -0.343 e. The van der Waals surface area contributed by atoms with Crippen molar-refractivity contribution in [1.82, 2.24) is 59.8 Å². The summed E-state index contributed by atoms with van der Waals surface area (Å²) in [6.07, 6.45) is 21.0. The fourth-order valence-corrected chi connectivity index (χ4v) is 5.06. The van der Waals surface area contributed by atoms with E-state index in [0.29, 0.717) is 0 Å². The van der Waals surface area contributed by atoms with Gasteiger partial charge in [-0.15, -0.1) is 0 Å². The monoisotopic (exact) mass is 1130 g/mol. The summed E-state index contributed by atoms with van der Waals surface area (Å²) < 4.78 is 138. The third-order valence-electron chi connectivity index (χ3n) is 7.52. The number of aromatic amines is 4. The van der Waals surface area contributed by atoms with Crippen molar-refractivity contribution < 1.29 is 52.7 Å². The largest absolute Gasteiger partial charge is 0.387 e. The van der Waals surface area contributed by atoms with Gasteiger partial charge in [-0.2, -0.15) is 52.7 Å². The molecule has 0 radical (unpaired) electrons. The Morgan fingerprint density at radius 3 is 0.656 bits per heavy atom. The minimum atomic E-state index is -7.44. The lowest BCUT2D eigenvalue weighted by atomic mass is 9.99. The number of nitrogens with zero attached hydrogens (tertiary/aromatic N) is 8. The molecular formula is C38H28F12I2N12. The molecule has 8 aromatic rings. The first-order valence-electron chi connectivity index (χ1n) is 17.4. The van der Waals surface area contributed by atoms with E-state index >= 15 is 0 Å². The van der Waals surface area contributed by atoms with Gasteiger partial charge in [-0.05, 0) is 48.5 Å². The molecule has 64 heavy (non-hydrogen) atoms. The van der Waals surface area contributed by atoms with E-state index in [1.54, 1.807) is 74.4 Å². The van der Waals surface area contributed by atoms with Gasteiger partial charge in [-0.3, -0.25) is 19.9 Å². The summed E-state index contributed by atoms with van der Waals surface area (Å²) in [5.41, 5.74) is 3.49. The second kappa shape index (κ2) is 22.1. The van der Waals surface area contributed by atoms with Crippen molar-refractivity contribution in [1.29, 1.82) is 0 Å². The molecule has 0 aliphatic rings. The van der Waals surface area contributed by atoms with Crippen LogP contribution < -0.4 is 0 Å². The summed E-state index contributed by atoms with van der Waals surface area (Å²) in [5.74, 6) is -25.6. The van der Waals surface area contributed by atoms with Gasteiger partial charge in [-0.1, -0.05) is 24.3 Å². The molecule has 0 fully saturated rings. The molecule has 26 heteroatoms. The highest BCUT2D eigenvalue weighted by Crippen LogP contribution is 2.62. The van der Waals surface area contributed by atoms with Crippen molar-refractivity contribution >= 4 is 45.2 Å². The van der Waals surface area contributed by atoms with Crippen molar-refractivity contribution in [3.8, 4) is 46.1 Å². The molecule has 0 saturated heterocycles. The topological polar surface area (TPSA) is 166 Å². The lowest BCUT2D eigenvalue weighted by Crippen LogP contribution is -2.68. The second-order valence-electron chi connectivity index (χ2n) is 11.9. The van der Waals surface area contributed by atoms with Crippen molar-refractivity contribution in [2.75, 3.05) is 0 Å². The maximum Gasteiger partial charge on any atom is 0.387 e. The van der Waals surface area contributed by atoms with Crippen molar-refractivity contribution in [3.05, 3.63) is 147 Å². The quantitative estimate of drug-likeness (QED) is 0.0630. The molecule has 8 rings (SSSR count). The van der Waals surface area contributed by atoms with Crippen LogP contribution in [0.25, 0.3) is 46.1 Å². The van der Waals surface area contributed by atoms with Crippen molar-refractivity contribution in [3.63, 3.8) is 0 Å². The summed E-state index contributed by atoms with van der Waals surface area (Å²) in [7, 11) is 0. The summed E-state index contributed by atoms with van der Waals surface area (Å²) in [5, 5.41) is 0. The summed E-state index contributed by atoms with van der Waals surface area (Å²) in [6.45, 7) is 0. The van der Waals surface area contributed by atoms with E-state index in [4.69, 9.17) is 0 Å². The molecule has 4 N–H and O–H groups in total. The van der Waals surface area contributed by atoms with E-state index in [2.05, 4.69) is 59.8 Å². The number of hydrogen-bond donors (Lipinski definition) is 4. The third kappa shape index (κ3) is 12.8. The van der Waals surface area contributed by atoms with Gasteiger partial charge in [0.25, 0.3) is 0 Å². The molecule has 0 saturated carbocycles. The van der Waals surface area contributed by atoms with E-state index in [9.17, 15) is 52.7 Å². The molecule has 0 aromatic carbocycles. The average molecular weight is 1130 g/mol. The van der Waals surface area contributed by atoms with Gasteiger partial charge >= 0.3 is 31.5 Å². The van der Waals surface area contributed by atoms with Crippen LogP contribution in [0, 0.1) is 0 Å². The minimum absolute atomic E-state index is 0.697. The fourth-order valence-electron chi connectivity index (χ4n) is 4.38. The lowest BCUT2D eigenvalue weighted by molar-refractivity contribution is -0.401. The van der Waals surface area contributed by atoms with Gasteiger partial charge in [0.05, 0.1) is 0 Å². The van der Waals surface area contributed by atoms with E-state index in [0.717, 1.165) is 46.1 Å². The number of pyridine rings is 4. The molecule has 8 heterocycles. The molecule has 8 aromatic heterocycles. The van der Waals surface area contributed by atoms with E-state index in [1.165, 1.54) is 0 Å². The highest BCUT2D eigenvalue weighted by atomic mass is 127. The molecule has 0 aliphatic carbocycles. The number of alkyl halides is 14. The zero-order valence-electron chi connectivity index (χ0n) is 31.7. The zero-order valence-corrected chi connectivity index (χ0v) is 36.0. The second-order valence-corrected chi connectivity index (χ2v) is 14.6. The summed E-state index contributed by atoms with van der Waals surface area (Å²) in [4.78, 5) is 44.7. The Morgan fingerprint density at radius 1 is 0.297 bits per heavy atom. The van der Waals surface area contributed by atoms with Crippen LogP contribution in [0.15, 0.2) is 147 Å². The number of aromatic nitrogens is 12. The van der Waals surface area contributed by atoms with Gasteiger partial charge in [0.2, 0.25) is 0 Å². The van der Waals surface area contributed by atoms with Gasteiger partial charge < -0.3 is 19.9 Å². The number of nitrogens with one attached hydrogen (secondary N) is 4. The normalized spacial score (nSPS) is 11.9. The van der Waals surface area contributed by atoms with Crippen LogP contribution >= 0.6 is 45.2 Å². The first kappa shape index (κ1) is 50.7. The molecule has 338 valence electrons. The highest BCUT2D eigenvalue weighted by Gasteiger charge is 2.89. The predicted octanol–water partition coefficient (Wildman–Crippen LogP) is 11.5. The zero-order chi connectivity index (χ0) is 47.1.